The summed E-state index contributed by atoms with van der Waals surface area (Å²) in [6, 6.07) is 0.0222. The van der Waals surface area contributed by atoms with Crippen molar-refractivity contribution in [2.24, 2.45) is 11.3 Å². The zero-order valence-electron chi connectivity index (χ0n) is 18.7. The number of carbonyl (C=O) groups excluding carboxylic acids is 1. The number of urea groups is 1. The zero-order valence-corrected chi connectivity index (χ0v) is 18.7. The van der Waals surface area contributed by atoms with E-state index in [2.05, 4.69) is 45.3 Å². The van der Waals surface area contributed by atoms with Crippen LogP contribution in [0.2, 0.25) is 0 Å². The maximum Gasteiger partial charge on any atom is 0.315 e. The molecule has 4 heteroatoms. The molecule has 0 aromatic rings. The summed E-state index contributed by atoms with van der Waals surface area (Å²) in [5, 5.41) is 16.4. The lowest BCUT2D eigenvalue weighted by Gasteiger charge is -2.44. The van der Waals surface area contributed by atoms with E-state index >= 15 is 0 Å². The Morgan fingerprint density at radius 2 is 1.63 bits per heavy atom. The second-order valence-electron chi connectivity index (χ2n) is 9.84. The van der Waals surface area contributed by atoms with E-state index in [1.165, 1.54) is 25.7 Å². The fraction of sp³-hybridized carbons (Fsp3) is 0.957. The highest BCUT2D eigenvalue weighted by Gasteiger charge is 2.39. The smallest absolute Gasteiger partial charge is 0.315 e. The van der Waals surface area contributed by atoms with Crippen LogP contribution in [0.15, 0.2) is 0 Å². The summed E-state index contributed by atoms with van der Waals surface area (Å²) in [5.41, 5.74) is 0.0536. The van der Waals surface area contributed by atoms with E-state index in [1.807, 2.05) is 0 Å². The summed E-state index contributed by atoms with van der Waals surface area (Å²) >= 11 is 0. The van der Waals surface area contributed by atoms with Crippen molar-refractivity contribution in [1.82, 2.24) is 10.6 Å². The van der Waals surface area contributed by atoms with E-state index in [-0.39, 0.29) is 23.1 Å². The second-order valence-corrected chi connectivity index (χ2v) is 9.84. The molecule has 1 rings (SSSR count). The number of hydrogen-bond donors (Lipinski definition) is 3. The highest BCUT2D eigenvalue weighted by atomic mass is 16.3. The molecular weight excluding hydrogens is 336 g/mol. The van der Waals surface area contributed by atoms with Crippen LogP contribution in [0.25, 0.3) is 0 Å². The van der Waals surface area contributed by atoms with Crippen molar-refractivity contribution in [2.45, 2.75) is 123 Å². The minimum Gasteiger partial charge on any atom is -0.393 e. The topological polar surface area (TPSA) is 61.4 Å². The molecule has 1 fully saturated rings. The predicted molar refractivity (Wildman–Crippen MR) is 115 cm³/mol. The summed E-state index contributed by atoms with van der Waals surface area (Å²) in [4.78, 5) is 12.3. The van der Waals surface area contributed by atoms with Crippen molar-refractivity contribution in [1.29, 1.82) is 0 Å². The lowest BCUT2D eigenvalue weighted by molar-refractivity contribution is 0.0533. The van der Waals surface area contributed by atoms with Gasteiger partial charge in [-0.05, 0) is 49.9 Å². The van der Waals surface area contributed by atoms with Crippen molar-refractivity contribution in [3.05, 3.63) is 0 Å². The van der Waals surface area contributed by atoms with Crippen molar-refractivity contribution in [3.8, 4) is 0 Å². The molecule has 0 radical (unpaired) electrons. The zero-order chi connectivity index (χ0) is 20.3. The van der Waals surface area contributed by atoms with Crippen LogP contribution in [0.5, 0.6) is 0 Å². The van der Waals surface area contributed by atoms with Crippen LogP contribution in [0.4, 0.5) is 4.79 Å². The molecule has 2 amide bonds. The molecule has 160 valence electrons. The van der Waals surface area contributed by atoms with E-state index in [1.54, 1.807) is 0 Å². The third-order valence-corrected chi connectivity index (χ3v) is 6.46. The third kappa shape index (κ3) is 9.32. The molecular formula is C23H46N2O2. The molecule has 0 aromatic carbocycles. The maximum atomic E-state index is 12.3. The number of amides is 2. The van der Waals surface area contributed by atoms with Crippen LogP contribution in [-0.2, 0) is 0 Å². The Bertz CT molecular complexity index is 409. The quantitative estimate of drug-likeness (QED) is 0.353. The molecule has 3 N–H and O–H groups in total. The number of carbonyl (C=O) groups is 1. The van der Waals surface area contributed by atoms with Gasteiger partial charge < -0.3 is 15.7 Å². The van der Waals surface area contributed by atoms with Crippen molar-refractivity contribution < 1.29 is 9.90 Å². The molecule has 0 bridgehead atoms. The molecule has 27 heavy (non-hydrogen) atoms. The van der Waals surface area contributed by atoms with Crippen LogP contribution < -0.4 is 10.6 Å². The van der Waals surface area contributed by atoms with Crippen LogP contribution in [0.1, 0.15) is 112 Å². The third-order valence-electron chi connectivity index (χ3n) is 6.46. The lowest BCUT2D eigenvalue weighted by atomic mass is 9.70. The highest BCUT2D eigenvalue weighted by molar-refractivity contribution is 5.74. The number of hydrogen-bond acceptors (Lipinski definition) is 2. The summed E-state index contributed by atoms with van der Waals surface area (Å²) < 4.78 is 0. The van der Waals surface area contributed by atoms with Gasteiger partial charge >= 0.3 is 6.03 Å². The van der Waals surface area contributed by atoms with Crippen LogP contribution in [0, 0.1) is 11.3 Å². The first-order valence-electron chi connectivity index (χ1n) is 11.5. The van der Waals surface area contributed by atoms with Gasteiger partial charge in [0.25, 0.3) is 0 Å². The Morgan fingerprint density at radius 1 is 1.04 bits per heavy atom. The molecule has 1 atom stereocenters. The average molecular weight is 383 g/mol. The van der Waals surface area contributed by atoms with Crippen molar-refractivity contribution in [2.75, 3.05) is 6.54 Å². The molecule has 1 aliphatic rings. The van der Waals surface area contributed by atoms with Gasteiger partial charge in [-0.2, -0.15) is 0 Å². The van der Waals surface area contributed by atoms with Gasteiger partial charge in [0.1, 0.15) is 0 Å². The second kappa shape index (κ2) is 11.9. The normalized spacial score (nSPS) is 17.4. The first kappa shape index (κ1) is 24.3. The van der Waals surface area contributed by atoms with Crippen molar-refractivity contribution >= 4 is 6.03 Å². The van der Waals surface area contributed by atoms with E-state index in [9.17, 15) is 9.90 Å². The summed E-state index contributed by atoms with van der Waals surface area (Å²) in [5.74, 6) is 0.724. The van der Waals surface area contributed by atoms with Gasteiger partial charge in [0.2, 0.25) is 0 Å². The van der Waals surface area contributed by atoms with E-state index in [0.29, 0.717) is 0 Å². The lowest BCUT2D eigenvalue weighted by Crippen LogP contribution is -2.57. The fourth-order valence-electron chi connectivity index (χ4n) is 4.03. The minimum atomic E-state index is -0.207. The molecule has 4 nitrogen and oxygen atoms in total. The van der Waals surface area contributed by atoms with Crippen LogP contribution in [0.3, 0.4) is 0 Å². The molecule has 0 spiro atoms. The van der Waals surface area contributed by atoms with Gasteiger partial charge in [0.15, 0.2) is 0 Å². The van der Waals surface area contributed by atoms with E-state index in [0.717, 1.165) is 63.8 Å². The van der Waals surface area contributed by atoms with E-state index < -0.39 is 0 Å². The Kier molecular flexibility index (Phi) is 10.7. The predicted octanol–water partition coefficient (Wildman–Crippen LogP) is 5.78. The van der Waals surface area contributed by atoms with Gasteiger partial charge in [-0.3, -0.25) is 0 Å². The summed E-state index contributed by atoms with van der Waals surface area (Å²) in [6.07, 6.45) is 13.3. The first-order valence-corrected chi connectivity index (χ1v) is 11.5. The minimum absolute atomic E-state index is 0.0106. The molecule has 0 aromatic heterocycles. The number of nitrogens with one attached hydrogen (secondary N) is 2. The van der Waals surface area contributed by atoms with E-state index in [4.69, 9.17) is 0 Å². The maximum absolute atomic E-state index is 12.3. The Balaban J connectivity index is 2.08. The Hall–Kier alpha value is -0.770. The average Bonchev–Trinajstić information content (AvgIpc) is 2.58. The molecule has 0 saturated heterocycles. The monoisotopic (exact) mass is 382 g/mol. The molecule has 1 unspecified atom stereocenters. The molecule has 1 saturated carbocycles. The first-order chi connectivity index (χ1) is 12.7. The van der Waals surface area contributed by atoms with Gasteiger partial charge in [-0.25, -0.2) is 4.79 Å². The van der Waals surface area contributed by atoms with Gasteiger partial charge in [0.05, 0.1) is 6.10 Å². The molecule has 0 heterocycles. The fourth-order valence-corrected chi connectivity index (χ4v) is 4.03. The SMILES string of the molecule is CCC(CC)CC1(NC(=O)NCCCCCCCC(O)C(C)(C)C)CCC1. The number of aliphatic hydroxyl groups excluding tert-OH is 1. The van der Waals surface area contributed by atoms with Gasteiger partial charge in [-0.1, -0.05) is 73.1 Å². The number of rotatable bonds is 13. The van der Waals surface area contributed by atoms with Crippen LogP contribution in [-0.4, -0.2) is 29.3 Å². The largest absolute Gasteiger partial charge is 0.393 e. The van der Waals surface area contributed by atoms with Crippen molar-refractivity contribution in [3.63, 3.8) is 0 Å². The number of unbranched alkanes of at least 4 members (excludes halogenated alkanes) is 4. The van der Waals surface area contributed by atoms with Crippen LogP contribution >= 0.6 is 0 Å². The Morgan fingerprint density at radius 3 is 2.15 bits per heavy atom. The summed E-state index contributed by atoms with van der Waals surface area (Å²) in [6.45, 7) is 11.5. The number of aliphatic hydroxyl groups is 1. The Labute approximate surface area is 168 Å². The standard InChI is InChI=1S/C23H46N2O2/c1-6-19(7-2)18-23(15-13-16-23)25-21(27)24-17-12-10-8-9-11-14-20(26)22(3,4)5/h19-20,26H,6-18H2,1-5H3,(H2,24,25,27). The molecule has 0 aliphatic heterocycles. The highest BCUT2D eigenvalue weighted by Crippen LogP contribution is 2.38. The summed E-state index contributed by atoms with van der Waals surface area (Å²) in [7, 11) is 0. The molecule has 1 aliphatic carbocycles. The van der Waals surface area contributed by atoms with Gasteiger partial charge in [-0.15, -0.1) is 0 Å². The van der Waals surface area contributed by atoms with Gasteiger partial charge in [0, 0.05) is 12.1 Å².